The summed E-state index contributed by atoms with van der Waals surface area (Å²) in [6.07, 6.45) is 8.35. The van der Waals surface area contributed by atoms with Crippen molar-refractivity contribution in [3.8, 4) is 0 Å². The van der Waals surface area contributed by atoms with Gasteiger partial charge in [0.2, 0.25) is 0 Å². The Morgan fingerprint density at radius 3 is 2.59 bits per heavy atom. The fourth-order valence-electron chi connectivity index (χ4n) is 10.3. The summed E-state index contributed by atoms with van der Waals surface area (Å²) < 4.78 is 18.4. The number of esters is 2. The summed E-state index contributed by atoms with van der Waals surface area (Å²) in [4.78, 5) is 40.0. The van der Waals surface area contributed by atoms with Gasteiger partial charge in [0.1, 0.15) is 11.7 Å². The van der Waals surface area contributed by atoms with Crippen LogP contribution in [0.4, 0.5) is 0 Å². The molecule has 0 aromatic carbocycles. The zero-order chi connectivity index (χ0) is 28.8. The number of carbonyl (C=O) groups excluding carboxylic acids is 3. The number of allylic oxidation sites excluding steroid dienone is 1. The lowest BCUT2D eigenvalue weighted by atomic mass is 9.44. The monoisotopic (exact) mass is 591 g/mol. The van der Waals surface area contributed by atoms with Crippen LogP contribution in [0.15, 0.2) is 23.3 Å². The summed E-state index contributed by atoms with van der Waals surface area (Å²) >= 11 is 0. The number of nitrogens with one attached hydrogen (secondary N) is 1. The largest absolute Gasteiger partial charge is 1.00 e. The first-order valence-electron chi connectivity index (χ1n) is 15.3. The van der Waals surface area contributed by atoms with Gasteiger partial charge >= 0.3 is 11.9 Å². The van der Waals surface area contributed by atoms with E-state index in [1.807, 2.05) is 21.0 Å². The van der Waals surface area contributed by atoms with Crippen LogP contribution in [-0.4, -0.2) is 74.0 Å². The van der Waals surface area contributed by atoms with E-state index in [0.717, 1.165) is 42.6 Å². The molecule has 4 aliphatic carbocycles. The second-order valence-electron chi connectivity index (χ2n) is 14.4. The number of hydrogen-bond acceptors (Lipinski definition) is 7. The highest BCUT2D eigenvalue weighted by Gasteiger charge is 2.81. The van der Waals surface area contributed by atoms with E-state index in [-0.39, 0.29) is 72.7 Å². The molecule has 0 aromatic rings. The van der Waals surface area contributed by atoms with Crippen LogP contribution in [-0.2, 0) is 28.6 Å². The van der Waals surface area contributed by atoms with Crippen molar-refractivity contribution >= 4 is 17.7 Å². The molecule has 2 aliphatic heterocycles. The normalized spacial score (nSPS) is 45.1. The molecule has 0 radical (unpaired) electrons. The standard InChI is InChI=1S/C32H45NO7.ClH/c1-17-13-24(38-29(37)20(17)16-34)18(2)21-7-8-22-19-14-27-32(40-27)26(39-28(36)15-33(5)6)10-9-25(35)31(32,4)23(19)11-12-30(21,22)3;/h9-10,18-19,21-24,26-27,34H,7-8,11-16H2,1-6H3;1H/t18-,19-,21+,22-,23-,24+,26-,27+,30+,31-,32+;/m0./s1. The van der Waals surface area contributed by atoms with Crippen molar-refractivity contribution in [2.75, 3.05) is 27.2 Å². The van der Waals surface area contributed by atoms with E-state index in [1.165, 1.54) is 0 Å². The molecule has 0 amide bonds. The zero-order valence-electron chi connectivity index (χ0n) is 25.2. The van der Waals surface area contributed by atoms with Crippen LogP contribution >= 0.6 is 0 Å². The van der Waals surface area contributed by atoms with Crippen LogP contribution in [0.1, 0.15) is 66.2 Å². The van der Waals surface area contributed by atoms with E-state index in [4.69, 9.17) is 14.2 Å². The molecular formula is C32H46ClNO7. The number of ketones is 1. The number of aliphatic hydroxyl groups is 1. The number of likely N-dealkylation sites (N-methyl/N-ethyl adjacent to an activating group) is 1. The third-order valence-electron chi connectivity index (χ3n) is 12.3. The van der Waals surface area contributed by atoms with Crippen LogP contribution < -0.4 is 17.3 Å². The van der Waals surface area contributed by atoms with Crippen molar-refractivity contribution in [3.05, 3.63) is 23.3 Å². The molecule has 0 unspecified atom stereocenters. The third kappa shape index (κ3) is 4.29. The molecule has 6 aliphatic rings. The van der Waals surface area contributed by atoms with Crippen molar-refractivity contribution in [3.63, 3.8) is 0 Å². The van der Waals surface area contributed by atoms with Gasteiger partial charge in [0.25, 0.3) is 0 Å². The minimum Gasteiger partial charge on any atom is -1.00 e. The maximum atomic E-state index is 13.7. The molecule has 41 heavy (non-hydrogen) atoms. The first kappa shape index (κ1) is 30.7. The maximum Gasteiger partial charge on any atom is 0.362 e. The molecule has 9 heteroatoms. The van der Waals surface area contributed by atoms with Crippen LogP contribution in [0.25, 0.3) is 0 Å². The van der Waals surface area contributed by atoms with E-state index in [2.05, 4.69) is 20.8 Å². The lowest BCUT2D eigenvalue weighted by Gasteiger charge is -2.58. The lowest BCUT2D eigenvalue weighted by Crippen LogP contribution is -3.06. The molecule has 3 saturated carbocycles. The summed E-state index contributed by atoms with van der Waals surface area (Å²) in [6.45, 7) is 8.69. The Bertz CT molecular complexity index is 1180. The molecular weight excluding hydrogens is 546 g/mol. The van der Waals surface area contributed by atoms with Crippen LogP contribution in [0, 0.1) is 40.4 Å². The van der Waals surface area contributed by atoms with Gasteiger partial charge in [-0.05, 0) is 93.1 Å². The van der Waals surface area contributed by atoms with Gasteiger partial charge in [-0.15, -0.1) is 0 Å². The van der Waals surface area contributed by atoms with Crippen molar-refractivity contribution < 1.29 is 51.0 Å². The minimum absolute atomic E-state index is 0. The molecule has 6 rings (SSSR count). The van der Waals surface area contributed by atoms with Gasteiger partial charge in [-0.3, -0.25) is 4.79 Å². The topological polar surface area (TPSA) is 107 Å². The number of carbonyl (C=O) groups is 3. The van der Waals surface area contributed by atoms with Gasteiger partial charge in [-0.1, -0.05) is 19.4 Å². The molecule has 2 heterocycles. The predicted octanol–water partition coefficient (Wildman–Crippen LogP) is -0.948. The van der Waals surface area contributed by atoms with Crippen molar-refractivity contribution in [1.82, 2.24) is 0 Å². The number of halogens is 1. The van der Waals surface area contributed by atoms with Crippen molar-refractivity contribution in [2.45, 2.75) is 90.1 Å². The number of ether oxygens (including phenoxy) is 3. The number of epoxide rings is 1. The SMILES string of the molecule is CC1=C(CO)C(=O)O[C@@H]([C@@H](C)[C@H]2CC[C@H]3[C@@H]4C[C@H]5O[C@]56[C@@H](OC(=O)C[NH+](C)C)C=CC(=O)[C@]6(C)[C@H]4CC[C@]23C)C1.[Cl-]. The third-order valence-corrected chi connectivity index (χ3v) is 12.3. The van der Waals surface area contributed by atoms with E-state index in [1.54, 1.807) is 12.2 Å². The van der Waals surface area contributed by atoms with Crippen molar-refractivity contribution in [2.24, 2.45) is 40.4 Å². The molecule has 8 nitrogen and oxygen atoms in total. The fraction of sp³-hybridized carbons (Fsp3) is 0.781. The first-order valence-corrected chi connectivity index (χ1v) is 15.3. The quantitative estimate of drug-likeness (QED) is 0.303. The minimum atomic E-state index is -0.749. The summed E-state index contributed by atoms with van der Waals surface area (Å²) in [5, 5.41) is 9.59. The highest BCUT2D eigenvalue weighted by Crippen LogP contribution is 2.73. The Labute approximate surface area is 249 Å². The molecule has 0 aromatic heterocycles. The molecule has 11 atom stereocenters. The maximum absolute atomic E-state index is 13.7. The van der Waals surface area contributed by atoms with Gasteiger partial charge in [0.15, 0.2) is 18.4 Å². The lowest BCUT2D eigenvalue weighted by molar-refractivity contribution is -0.850. The molecule has 228 valence electrons. The average Bonchev–Trinajstić information content (AvgIpc) is 3.51. The molecule has 1 saturated heterocycles. The summed E-state index contributed by atoms with van der Waals surface area (Å²) in [7, 11) is 3.84. The smallest absolute Gasteiger partial charge is 0.362 e. The van der Waals surface area contributed by atoms with Crippen LogP contribution in [0.5, 0.6) is 0 Å². The molecule has 2 N–H and O–H groups in total. The highest BCUT2D eigenvalue weighted by molar-refractivity contribution is 5.98. The average molecular weight is 592 g/mol. The van der Waals surface area contributed by atoms with Gasteiger partial charge in [0, 0.05) is 6.42 Å². The molecule has 4 fully saturated rings. The number of quaternary nitrogens is 1. The van der Waals surface area contributed by atoms with E-state index < -0.39 is 17.1 Å². The second kappa shape index (κ2) is 10.5. The zero-order valence-corrected chi connectivity index (χ0v) is 26.0. The Morgan fingerprint density at radius 1 is 1.20 bits per heavy atom. The Kier molecular flexibility index (Phi) is 7.83. The Balaban J connectivity index is 0.00000337. The predicted molar refractivity (Wildman–Crippen MR) is 146 cm³/mol. The second-order valence-corrected chi connectivity index (χ2v) is 14.4. The van der Waals surface area contributed by atoms with Gasteiger partial charge in [-0.25, -0.2) is 9.59 Å². The van der Waals surface area contributed by atoms with Gasteiger partial charge in [-0.2, -0.15) is 0 Å². The summed E-state index contributed by atoms with van der Waals surface area (Å²) in [5.41, 5.74) is -0.0202. The van der Waals surface area contributed by atoms with E-state index >= 15 is 0 Å². The van der Waals surface area contributed by atoms with Gasteiger partial charge in [0.05, 0.1) is 37.8 Å². The first-order chi connectivity index (χ1) is 18.9. The number of rotatable bonds is 6. The van der Waals surface area contributed by atoms with Crippen molar-refractivity contribution in [1.29, 1.82) is 0 Å². The van der Waals surface area contributed by atoms with E-state index in [0.29, 0.717) is 29.7 Å². The summed E-state index contributed by atoms with van der Waals surface area (Å²) in [6, 6.07) is 0. The highest BCUT2D eigenvalue weighted by atomic mass is 35.5. The van der Waals surface area contributed by atoms with Crippen LogP contribution in [0.3, 0.4) is 0 Å². The molecule has 0 bridgehead atoms. The van der Waals surface area contributed by atoms with Gasteiger partial charge < -0.3 is 36.6 Å². The summed E-state index contributed by atoms with van der Waals surface area (Å²) in [5.74, 6) is 1.13. The fourth-order valence-corrected chi connectivity index (χ4v) is 10.3. The van der Waals surface area contributed by atoms with Crippen LogP contribution in [0.2, 0.25) is 0 Å². The Hall–Kier alpha value is -1.74. The number of hydrogen-bond donors (Lipinski definition) is 2. The number of cyclic esters (lactones) is 1. The number of aliphatic hydroxyl groups excluding tert-OH is 1. The van der Waals surface area contributed by atoms with E-state index in [9.17, 15) is 19.5 Å². The number of fused-ring (bicyclic) bond motifs is 4. The molecule has 1 spiro atoms. The Morgan fingerprint density at radius 2 is 1.93 bits per heavy atom.